The summed E-state index contributed by atoms with van der Waals surface area (Å²) in [6.07, 6.45) is 0.671. The predicted octanol–water partition coefficient (Wildman–Crippen LogP) is 3.91. The van der Waals surface area contributed by atoms with Crippen molar-refractivity contribution >= 4 is 33.4 Å². The number of halogens is 1. The van der Waals surface area contributed by atoms with Crippen LogP contribution in [0, 0.1) is 0 Å². The first-order valence-electron chi connectivity index (χ1n) is 8.80. The number of hydrogen-bond acceptors (Lipinski definition) is 5. The summed E-state index contributed by atoms with van der Waals surface area (Å²) in [6, 6.07) is -0.227. The van der Waals surface area contributed by atoms with Crippen molar-refractivity contribution < 1.29 is 22.7 Å². The fourth-order valence-electron chi connectivity index (χ4n) is 2.63. The summed E-state index contributed by atoms with van der Waals surface area (Å²) < 4.78 is 31.0. The molecular formula is C16H30FN2O4PSSi. The predicted molar refractivity (Wildman–Crippen MR) is 107 cm³/mol. The van der Waals surface area contributed by atoms with Crippen LogP contribution in [0.5, 0.6) is 0 Å². The third-order valence-corrected chi connectivity index (χ3v) is 10.5. The fraction of sp³-hybridized carbons (Fsp3) is 0.812. The summed E-state index contributed by atoms with van der Waals surface area (Å²) in [7, 11) is -4.76. The van der Waals surface area contributed by atoms with Gasteiger partial charge < -0.3 is 19.0 Å². The molecule has 1 saturated heterocycles. The zero-order valence-corrected chi connectivity index (χ0v) is 19.1. The van der Waals surface area contributed by atoms with Crippen molar-refractivity contribution in [3.63, 3.8) is 0 Å². The van der Waals surface area contributed by atoms with Crippen LogP contribution >= 0.6 is 7.23 Å². The topological polar surface area (TPSA) is 60.0 Å². The van der Waals surface area contributed by atoms with E-state index in [1.54, 1.807) is 6.20 Å². The van der Waals surface area contributed by atoms with Gasteiger partial charge in [0.05, 0.1) is 12.7 Å². The molecule has 0 saturated carbocycles. The maximum Gasteiger partial charge on any atom is 0.323 e. The fourth-order valence-corrected chi connectivity index (χ4v) is 4.50. The summed E-state index contributed by atoms with van der Waals surface area (Å²) in [4.78, 5) is 13.7. The first-order chi connectivity index (χ1) is 11.9. The van der Waals surface area contributed by atoms with Crippen LogP contribution in [-0.2, 0) is 25.5 Å². The normalized spacial score (nSPS) is 28.7. The van der Waals surface area contributed by atoms with E-state index < -0.39 is 34.0 Å². The van der Waals surface area contributed by atoms with Gasteiger partial charge in [-0.05, 0) is 42.4 Å². The molecule has 26 heavy (non-hydrogen) atoms. The molecule has 0 spiro atoms. The Labute approximate surface area is 162 Å². The standard InChI is InChI=1S/C16H30FN2O4PSSi/c1-11-8-18-15(20)19(9-11)14-7-12(23-24(17)25)13(22-14)10-21-26(5,6)16(2,3)4/h9,12-14,24H,7-8,10H2,1-6H3,(H,18,20)/t12-,13+,14+/m0/s1. The number of nitrogens with one attached hydrogen (secondary N) is 1. The maximum atomic E-state index is 13.4. The Morgan fingerprint density at radius 3 is 2.73 bits per heavy atom. The van der Waals surface area contributed by atoms with E-state index in [9.17, 15) is 8.99 Å². The van der Waals surface area contributed by atoms with E-state index >= 15 is 0 Å². The van der Waals surface area contributed by atoms with Crippen LogP contribution < -0.4 is 5.32 Å². The first-order valence-corrected chi connectivity index (χ1v) is 14.1. The molecule has 0 bridgehead atoms. The van der Waals surface area contributed by atoms with E-state index in [0.29, 0.717) is 19.6 Å². The highest BCUT2D eigenvalue weighted by molar-refractivity contribution is 8.00. The van der Waals surface area contributed by atoms with E-state index in [1.165, 1.54) is 4.90 Å². The molecule has 0 aromatic rings. The highest BCUT2D eigenvalue weighted by atomic mass is 32.4. The number of nitrogens with zero attached hydrogens (tertiary/aromatic N) is 1. The lowest BCUT2D eigenvalue weighted by molar-refractivity contribution is -0.0478. The van der Waals surface area contributed by atoms with Gasteiger partial charge in [0.15, 0.2) is 8.32 Å². The minimum Gasteiger partial charge on any atom is -0.414 e. The van der Waals surface area contributed by atoms with Crippen LogP contribution in [0.1, 0.15) is 34.1 Å². The Morgan fingerprint density at radius 1 is 1.50 bits per heavy atom. The van der Waals surface area contributed by atoms with E-state index in [2.05, 4.69) is 51.0 Å². The minimum absolute atomic E-state index is 0.0566. The summed E-state index contributed by atoms with van der Waals surface area (Å²) in [5.41, 5.74) is 1.02. The Hall–Kier alpha value is -0.313. The zero-order valence-electron chi connectivity index (χ0n) is 16.3. The molecule has 1 N–H and O–H groups in total. The van der Waals surface area contributed by atoms with Crippen molar-refractivity contribution in [2.45, 2.75) is 70.7 Å². The Balaban J connectivity index is 2.10. The molecule has 0 aliphatic carbocycles. The highest BCUT2D eigenvalue weighted by Gasteiger charge is 2.44. The van der Waals surface area contributed by atoms with Crippen molar-refractivity contribution in [3.05, 3.63) is 11.8 Å². The van der Waals surface area contributed by atoms with Crippen molar-refractivity contribution in [2.75, 3.05) is 13.2 Å². The summed E-state index contributed by atoms with van der Waals surface area (Å²) in [5, 5.41) is 2.85. The molecule has 1 unspecified atom stereocenters. The van der Waals surface area contributed by atoms with Crippen molar-refractivity contribution in [3.8, 4) is 0 Å². The second-order valence-corrected chi connectivity index (χ2v) is 14.9. The molecule has 2 rings (SSSR count). The highest BCUT2D eigenvalue weighted by Crippen LogP contribution is 2.39. The molecule has 2 aliphatic rings. The molecule has 0 aromatic carbocycles. The number of carbonyl (C=O) groups is 1. The quantitative estimate of drug-likeness (QED) is 0.517. The summed E-state index contributed by atoms with van der Waals surface area (Å²) in [6.45, 7) is 13.5. The Bertz CT molecular complexity index is 599. The van der Waals surface area contributed by atoms with Gasteiger partial charge in [-0.3, -0.25) is 4.90 Å². The average Bonchev–Trinajstić information content (AvgIpc) is 2.88. The molecule has 2 amide bonds. The van der Waals surface area contributed by atoms with Crippen molar-refractivity contribution in [1.82, 2.24) is 10.2 Å². The molecule has 10 heteroatoms. The number of hydrogen-bond donors (Lipinski definition) is 1. The number of ether oxygens (including phenoxy) is 1. The van der Waals surface area contributed by atoms with Crippen molar-refractivity contribution in [2.24, 2.45) is 0 Å². The van der Waals surface area contributed by atoms with Crippen LogP contribution in [-0.4, -0.2) is 50.8 Å². The maximum absolute atomic E-state index is 13.4. The number of urea groups is 1. The smallest absolute Gasteiger partial charge is 0.323 e. The molecule has 2 aliphatic heterocycles. The van der Waals surface area contributed by atoms with Crippen LogP contribution in [0.25, 0.3) is 0 Å². The van der Waals surface area contributed by atoms with E-state index in [1.807, 2.05) is 6.92 Å². The van der Waals surface area contributed by atoms with Gasteiger partial charge in [-0.2, -0.15) is 4.20 Å². The lowest BCUT2D eigenvalue weighted by atomic mass is 10.2. The average molecular weight is 425 g/mol. The zero-order chi connectivity index (χ0) is 19.7. The minimum atomic E-state index is -2.78. The molecule has 4 atom stereocenters. The van der Waals surface area contributed by atoms with Crippen LogP contribution in [0.4, 0.5) is 8.99 Å². The third-order valence-electron chi connectivity index (χ3n) is 5.26. The molecule has 0 aromatic heterocycles. The van der Waals surface area contributed by atoms with E-state index in [4.69, 9.17) is 13.7 Å². The summed E-state index contributed by atoms with van der Waals surface area (Å²) >= 11 is 4.64. The largest absolute Gasteiger partial charge is 0.414 e. The summed E-state index contributed by atoms with van der Waals surface area (Å²) in [5.74, 6) is 0. The van der Waals surface area contributed by atoms with Crippen LogP contribution in [0.2, 0.25) is 18.1 Å². The second-order valence-electron chi connectivity index (χ2n) is 8.37. The van der Waals surface area contributed by atoms with Crippen molar-refractivity contribution in [1.29, 1.82) is 0 Å². The number of amides is 2. The SMILES string of the molecule is CC1=CN([C@H]2C[C@H](O[PH](F)=S)[C@@H](CO[Si](C)(C)C(C)(C)C)O2)C(=O)NC1. The monoisotopic (exact) mass is 424 g/mol. The van der Waals surface area contributed by atoms with Gasteiger partial charge in [-0.1, -0.05) is 20.8 Å². The molecule has 0 radical (unpaired) electrons. The Morgan fingerprint density at radius 2 is 2.15 bits per heavy atom. The molecule has 2 heterocycles. The third kappa shape index (κ3) is 5.36. The molecule has 6 nitrogen and oxygen atoms in total. The van der Waals surface area contributed by atoms with Gasteiger partial charge >= 0.3 is 6.03 Å². The second kappa shape index (κ2) is 8.37. The van der Waals surface area contributed by atoms with Gasteiger partial charge in [0.2, 0.25) is 7.23 Å². The van der Waals surface area contributed by atoms with Gasteiger partial charge in [0.1, 0.15) is 12.3 Å². The number of rotatable bonds is 6. The van der Waals surface area contributed by atoms with Gasteiger partial charge in [-0.15, -0.1) is 0 Å². The van der Waals surface area contributed by atoms with E-state index in [-0.39, 0.29) is 11.1 Å². The van der Waals surface area contributed by atoms with Gasteiger partial charge in [0, 0.05) is 19.2 Å². The molecular weight excluding hydrogens is 394 g/mol. The van der Waals surface area contributed by atoms with Crippen LogP contribution in [0.3, 0.4) is 0 Å². The lowest BCUT2D eigenvalue weighted by Crippen LogP contribution is -2.47. The molecule has 150 valence electrons. The molecule has 1 fully saturated rings. The Kier molecular flexibility index (Phi) is 7.07. The lowest BCUT2D eigenvalue weighted by Gasteiger charge is -2.37. The van der Waals surface area contributed by atoms with Gasteiger partial charge in [0.25, 0.3) is 0 Å². The first kappa shape index (κ1) is 22.0. The van der Waals surface area contributed by atoms with Crippen LogP contribution in [0.15, 0.2) is 11.8 Å². The van der Waals surface area contributed by atoms with Gasteiger partial charge in [-0.25, -0.2) is 4.79 Å². The number of carbonyl (C=O) groups excluding carboxylic acids is 1. The van der Waals surface area contributed by atoms with E-state index in [0.717, 1.165) is 5.57 Å².